The van der Waals surface area contributed by atoms with Crippen LogP contribution in [0.2, 0.25) is 0 Å². The molecule has 0 aliphatic heterocycles. The first kappa shape index (κ1) is 8.67. The van der Waals surface area contributed by atoms with Crippen LogP contribution in [-0.2, 0) is 14.3 Å². The first-order chi connectivity index (χ1) is 5.88. The number of hydrogen-bond acceptors (Lipinski definition) is 4. The molecule has 0 radical (unpaired) electrons. The maximum absolute atomic E-state index is 10.0. The van der Waals surface area contributed by atoms with Crippen molar-refractivity contribution in [3.05, 3.63) is 30.1 Å². The number of rotatable bonds is 4. The molecule has 12 heavy (non-hydrogen) atoms. The van der Waals surface area contributed by atoms with Crippen LogP contribution in [-0.4, -0.2) is 18.6 Å². The molecule has 0 amide bonds. The lowest BCUT2D eigenvalue weighted by molar-refractivity contribution is -0.159. The van der Waals surface area contributed by atoms with Crippen molar-refractivity contribution in [2.75, 3.05) is 7.11 Å². The van der Waals surface area contributed by atoms with E-state index < -0.39 is 6.29 Å². The Balaban J connectivity index is 2.72. The summed E-state index contributed by atoms with van der Waals surface area (Å²) < 4.78 is 9.52. The third kappa shape index (κ3) is 2.03. The van der Waals surface area contributed by atoms with E-state index in [0.717, 1.165) is 0 Å². The Morgan fingerprint density at radius 1 is 1.67 bits per heavy atom. The van der Waals surface area contributed by atoms with Crippen molar-refractivity contribution in [3.63, 3.8) is 0 Å². The Kier molecular flexibility index (Phi) is 3.22. The number of hydrogen-bond donors (Lipinski definition) is 0. The van der Waals surface area contributed by atoms with Crippen molar-refractivity contribution in [2.24, 2.45) is 0 Å². The summed E-state index contributed by atoms with van der Waals surface area (Å²) in [4.78, 5) is 13.9. The summed E-state index contributed by atoms with van der Waals surface area (Å²) in [5.41, 5.74) is 0.715. The fraction of sp³-hybridized carbons (Fsp3) is 0.250. The number of nitrogens with zero attached hydrogens (tertiary/aromatic N) is 1. The molecule has 1 unspecified atom stereocenters. The van der Waals surface area contributed by atoms with Gasteiger partial charge in [0.1, 0.15) is 0 Å². The maximum Gasteiger partial charge on any atom is 0.295 e. The van der Waals surface area contributed by atoms with Crippen LogP contribution in [0.3, 0.4) is 0 Å². The van der Waals surface area contributed by atoms with Crippen LogP contribution in [0.1, 0.15) is 11.9 Å². The number of methoxy groups -OCH3 is 1. The van der Waals surface area contributed by atoms with Crippen LogP contribution >= 0.6 is 0 Å². The van der Waals surface area contributed by atoms with Crippen molar-refractivity contribution >= 4 is 6.47 Å². The van der Waals surface area contributed by atoms with Gasteiger partial charge in [-0.05, 0) is 12.1 Å². The summed E-state index contributed by atoms with van der Waals surface area (Å²) in [6.07, 6.45) is 2.56. The predicted octanol–water partition coefficient (Wildman–Crippen LogP) is 0.900. The Morgan fingerprint density at radius 2 is 2.50 bits per heavy atom. The summed E-state index contributed by atoms with van der Waals surface area (Å²) in [5, 5.41) is 0. The predicted molar refractivity (Wildman–Crippen MR) is 41.1 cm³/mol. The minimum Gasteiger partial charge on any atom is -0.433 e. The Hall–Kier alpha value is -1.42. The summed E-state index contributed by atoms with van der Waals surface area (Å²) >= 11 is 0. The standard InChI is InChI=1S/C8H9NO3/c1-11-8(12-6-10)7-3-2-4-9-5-7/h2-6,8H,1H3. The molecule has 64 valence electrons. The second-order valence-corrected chi connectivity index (χ2v) is 2.09. The molecule has 0 aliphatic rings. The molecule has 0 fully saturated rings. The SMILES string of the molecule is COC(OC=O)c1cccnc1. The molecule has 1 aromatic heterocycles. The van der Waals surface area contributed by atoms with Gasteiger partial charge in [0.05, 0.1) is 0 Å². The van der Waals surface area contributed by atoms with E-state index in [1.54, 1.807) is 24.5 Å². The molecule has 1 atom stereocenters. The highest BCUT2D eigenvalue weighted by atomic mass is 16.7. The molecule has 4 nitrogen and oxygen atoms in total. The third-order valence-corrected chi connectivity index (χ3v) is 1.35. The minimum absolute atomic E-state index is 0.348. The highest BCUT2D eigenvalue weighted by Gasteiger charge is 2.09. The Morgan fingerprint density at radius 3 is 3.00 bits per heavy atom. The molecular formula is C8H9NO3. The van der Waals surface area contributed by atoms with E-state index in [4.69, 9.17) is 4.74 Å². The largest absolute Gasteiger partial charge is 0.433 e. The molecule has 0 aliphatic carbocycles. The van der Waals surface area contributed by atoms with E-state index in [1.165, 1.54) is 7.11 Å². The molecule has 0 aromatic carbocycles. The second-order valence-electron chi connectivity index (χ2n) is 2.09. The van der Waals surface area contributed by atoms with Crippen LogP contribution in [0.5, 0.6) is 0 Å². The normalized spacial score (nSPS) is 12.1. The Bertz CT molecular complexity index is 237. The molecule has 4 heteroatoms. The first-order valence-corrected chi connectivity index (χ1v) is 3.40. The van der Waals surface area contributed by atoms with Crippen molar-refractivity contribution in [1.82, 2.24) is 4.98 Å². The average Bonchev–Trinajstić information content (AvgIpc) is 2.15. The molecule has 1 aromatic rings. The van der Waals surface area contributed by atoms with Gasteiger partial charge in [-0.2, -0.15) is 0 Å². The summed E-state index contributed by atoms with van der Waals surface area (Å²) in [7, 11) is 1.46. The summed E-state index contributed by atoms with van der Waals surface area (Å²) in [5.74, 6) is 0. The fourth-order valence-corrected chi connectivity index (χ4v) is 0.836. The van der Waals surface area contributed by atoms with Crippen LogP contribution < -0.4 is 0 Å². The van der Waals surface area contributed by atoms with Gasteiger partial charge in [0.25, 0.3) is 6.47 Å². The van der Waals surface area contributed by atoms with Gasteiger partial charge < -0.3 is 9.47 Å². The molecular weight excluding hydrogens is 158 g/mol. The first-order valence-electron chi connectivity index (χ1n) is 3.40. The lowest BCUT2D eigenvalue weighted by atomic mass is 10.3. The second kappa shape index (κ2) is 4.46. The number of carbonyl (C=O) groups excluding carboxylic acids is 1. The van der Waals surface area contributed by atoms with Crippen LogP contribution in [0.4, 0.5) is 0 Å². The van der Waals surface area contributed by atoms with Crippen LogP contribution in [0.15, 0.2) is 24.5 Å². The van der Waals surface area contributed by atoms with E-state index in [0.29, 0.717) is 12.0 Å². The zero-order chi connectivity index (χ0) is 8.81. The van der Waals surface area contributed by atoms with Gasteiger partial charge in [0.15, 0.2) is 0 Å². The molecule has 0 N–H and O–H groups in total. The quantitative estimate of drug-likeness (QED) is 0.493. The van der Waals surface area contributed by atoms with Crippen molar-refractivity contribution in [1.29, 1.82) is 0 Å². The number of pyridine rings is 1. The van der Waals surface area contributed by atoms with E-state index in [-0.39, 0.29) is 0 Å². The van der Waals surface area contributed by atoms with E-state index >= 15 is 0 Å². The third-order valence-electron chi connectivity index (χ3n) is 1.35. The zero-order valence-corrected chi connectivity index (χ0v) is 6.64. The molecule has 0 bridgehead atoms. The van der Waals surface area contributed by atoms with Gasteiger partial charge in [0.2, 0.25) is 6.29 Å². The summed E-state index contributed by atoms with van der Waals surface area (Å²) in [6.45, 7) is 0.348. The van der Waals surface area contributed by atoms with Crippen molar-refractivity contribution in [2.45, 2.75) is 6.29 Å². The van der Waals surface area contributed by atoms with Crippen LogP contribution in [0.25, 0.3) is 0 Å². The lowest BCUT2D eigenvalue weighted by Crippen LogP contribution is -2.05. The smallest absolute Gasteiger partial charge is 0.295 e. The molecule has 1 heterocycles. The molecule has 0 spiro atoms. The number of ether oxygens (including phenoxy) is 2. The number of carbonyl (C=O) groups is 1. The maximum atomic E-state index is 10.0. The topological polar surface area (TPSA) is 48.4 Å². The minimum atomic E-state index is -0.656. The number of aromatic nitrogens is 1. The van der Waals surface area contributed by atoms with E-state index in [2.05, 4.69) is 9.72 Å². The monoisotopic (exact) mass is 167 g/mol. The van der Waals surface area contributed by atoms with Crippen molar-refractivity contribution < 1.29 is 14.3 Å². The van der Waals surface area contributed by atoms with Gasteiger partial charge in [-0.25, -0.2) is 0 Å². The zero-order valence-electron chi connectivity index (χ0n) is 6.64. The van der Waals surface area contributed by atoms with Gasteiger partial charge in [-0.15, -0.1) is 0 Å². The van der Waals surface area contributed by atoms with Gasteiger partial charge in [-0.1, -0.05) is 0 Å². The lowest BCUT2D eigenvalue weighted by Gasteiger charge is -2.11. The van der Waals surface area contributed by atoms with E-state index in [1.807, 2.05) is 0 Å². The fourth-order valence-electron chi connectivity index (χ4n) is 0.836. The highest BCUT2D eigenvalue weighted by Crippen LogP contribution is 2.14. The van der Waals surface area contributed by atoms with Gasteiger partial charge in [-0.3, -0.25) is 9.78 Å². The molecule has 0 saturated heterocycles. The molecule has 0 saturated carbocycles. The van der Waals surface area contributed by atoms with E-state index in [9.17, 15) is 4.79 Å². The van der Waals surface area contributed by atoms with Gasteiger partial charge >= 0.3 is 0 Å². The van der Waals surface area contributed by atoms with Crippen molar-refractivity contribution in [3.8, 4) is 0 Å². The van der Waals surface area contributed by atoms with Crippen LogP contribution in [0, 0.1) is 0 Å². The summed E-state index contributed by atoms with van der Waals surface area (Å²) in [6, 6.07) is 3.51. The van der Waals surface area contributed by atoms with Gasteiger partial charge in [0, 0.05) is 25.1 Å². The average molecular weight is 167 g/mol. The Labute approximate surface area is 70.1 Å². The highest BCUT2D eigenvalue weighted by molar-refractivity contribution is 5.38. The molecule has 1 rings (SSSR count).